The third-order valence-electron chi connectivity index (χ3n) is 3.65. The molecule has 106 valence electrons. The van der Waals surface area contributed by atoms with E-state index in [4.69, 9.17) is 5.73 Å². The first-order valence-electron chi connectivity index (χ1n) is 6.38. The van der Waals surface area contributed by atoms with E-state index in [0.717, 1.165) is 25.1 Å². The Morgan fingerprint density at radius 3 is 2.16 bits per heavy atom. The second kappa shape index (κ2) is 4.80. The number of halogens is 3. The number of nitrogens with two attached hydrogens (primary N) is 1. The molecule has 1 aromatic rings. The molecule has 0 saturated carbocycles. The summed E-state index contributed by atoms with van der Waals surface area (Å²) >= 11 is 0. The number of hydrogen-bond acceptors (Lipinski definition) is 2. The first kappa shape index (κ1) is 14.3. The van der Waals surface area contributed by atoms with E-state index in [1.807, 2.05) is 20.8 Å². The van der Waals surface area contributed by atoms with Gasteiger partial charge in [0.2, 0.25) is 0 Å². The SMILES string of the molecule is CC(C)(C)N1CCC(N)C1c1cc(F)c(F)c(F)c1. The normalized spacial score (nSPS) is 25.0. The van der Waals surface area contributed by atoms with Gasteiger partial charge in [-0.05, 0) is 44.9 Å². The fourth-order valence-electron chi connectivity index (χ4n) is 2.74. The number of nitrogens with zero attached hydrogens (tertiary/aromatic N) is 1. The molecule has 1 saturated heterocycles. The van der Waals surface area contributed by atoms with E-state index in [-0.39, 0.29) is 17.6 Å². The molecule has 1 aliphatic heterocycles. The van der Waals surface area contributed by atoms with Crippen molar-refractivity contribution < 1.29 is 13.2 Å². The van der Waals surface area contributed by atoms with Crippen molar-refractivity contribution in [3.05, 3.63) is 35.1 Å². The number of likely N-dealkylation sites (tertiary alicyclic amines) is 1. The van der Waals surface area contributed by atoms with Crippen LogP contribution < -0.4 is 5.73 Å². The van der Waals surface area contributed by atoms with E-state index in [1.165, 1.54) is 0 Å². The predicted octanol–water partition coefficient (Wildman–Crippen LogP) is 2.98. The fraction of sp³-hybridized carbons (Fsp3) is 0.571. The molecule has 0 bridgehead atoms. The van der Waals surface area contributed by atoms with Gasteiger partial charge in [0.1, 0.15) is 0 Å². The van der Waals surface area contributed by atoms with Crippen molar-refractivity contribution in [2.24, 2.45) is 5.73 Å². The number of benzene rings is 1. The minimum Gasteiger partial charge on any atom is -0.326 e. The van der Waals surface area contributed by atoms with Crippen LogP contribution in [-0.4, -0.2) is 23.0 Å². The largest absolute Gasteiger partial charge is 0.326 e. The molecule has 0 spiro atoms. The smallest absolute Gasteiger partial charge is 0.194 e. The zero-order chi connectivity index (χ0) is 14.4. The summed E-state index contributed by atoms with van der Waals surface area (Å²) in [6.07, 6.45) is 0.753. The summed E-state index contributed by atoms with van der Waals surface area (Å²) < 4.78 is 39.8. The topological polar surface area (TPSA) is 29.3 Å². The van der Waals surface area contributed by atoms with E-state index < -0.39 is 17.5 Å². The van der Waals surface area contributed by atoms with Gasteiger partial charge < -0.3 is 5.73 Å². The second-order valence-electron chi connectivity index (χ2n) is 6.06. The van der Waals surface area contributed by atoms with Crippen molar-refractivity contribution in [2.45, 2.75) is 44.8 Å². The summed E-state index contributed by atoms with van der Waals surface area (Å²) in [7, 11) is 0. The molecule has 0 amide bonds. The molecule has 1 heterocycles. The van der Waals surface area contributed by atoms with Crippen molar-refractivity contribution in [1.82, 2.24) is 4.90 Å². The Hall–Kier alpha value is -1.07. The van der Waals surface area contributed by atoms with Crippen molar-refractivity contribution in [3.8, 4) is 0 Å². The van der Waals surface area contributed by atoms with Crippen LogP contribution in [0.1, 0.15) is 38.8 Å². The predicted molar refractivity (Wildman–Crippen MR) is 68.1 cm³/mol. The Labute approximate surface area is 111 Å². The molecule has 2 atom stereocenters. The van der Waals surface area contributed by atoms with Crippen molar-refractivity contribution in [1.29, 1.82) is 0 Å². The molecule has 19 heavy (non-hydrogen) atoms. The second-order valence-corrected chi connectivity index (χ2v) is 6.06. The molecule has 0 aliphatic carbocycles. The van der Waals surface area contributed by atoms with Gasteiger partial charge in [-0.2, -0.15) is 0 Å². The first-order chi connectivity index (χ1) is 8.71. The highest BCUT2D eigenvalue weighted by Crippen LogP contribution is 2.37. The van der Waals surface area contributed by atoms with Gasteiger partial charge in [0.25, 0.3) is 0 Å². The monoisotopic (exact) mass is 272 g/mol. The van der Waals surface area contributed by atoms with Gasteiger partial charge in [0, 0.05) is 18.1 Å². The summed E-state index contributed by atoms with van der Waals surface area (Å²) in [4.78, 5) is 2.10. The van der Waals surface area contributed by atoms with Crippen molar-refractivity contribution >= 4 is 0 Å². The molecule has 0 radical (unpaired) electrons. The van der Waals surface area contributed by atoms with E-state index in [9.17, 15) is 13.2 Å². The zero-order valence-corrected chi connectivity index (χ0v) is 11.4. The van der Waals surface area contributed by atoms with Crippen LogP contribution in [0.25, 0.3) is 0 Å². The lowest BCUT2D eigenvalue weighted by atomic mass is 9.96. The van der Waals surface area contributed by atoms with Crippen LogP contribution in [-0.2, 0) is 0 Å². The minimum atomic E-state index is -1.43. The summed E-state index contributed by atoms with van der Waals surface area (Å²) in [5.74, 6) is -3.76. The Bertz CT molecular complexity index is 459. The molecular formula is C14H19F3N2. The minimum absolute atomic E-state index is 0.167. The van der Waals surface area contributed by atoms with Gasteiger partial charge in [-0.25, -0.2) is 13.2 Å². The Kier molecular flexibility index (Phi) is 3.62. The Morgan fingerprint density at radius 2 is 1.68 bits per heavy atom. The molecule has 1 aromatic carbocycles. The van der Waals surface area contributed by atoms with Crippen LogP contribution in [0.15, 0.2) is 12.1 Å². The molecule has 1 fully saturated rings. The van der Waals surface area contributed by atoms with E-state index in [1.54, 1.807) is 0 Å². The molecule has 2 unspecified atom stereocenters. The van der Waals surface area contributed by atoms with Crippen molar-refractivity contribution in [3.63, 3.8) is 0 Å². The van der Waals surface area contributed by atoms with Gasteiger partial charge in [0.05, 0.1) is 6.04 Å². The number of hydrogen-bond donors (Lipinski definition) is 1. The molecule has 1 aliphatic rings. The molecule has 2 rings (SSSR count). The lowest BCUT2D eigenvalue weighted by Gasteiger charge is -2.38. The van der Waals surface area contributed by atoms with Crippen LogP contribution in [0, 0.1) is 17.5 Å². The first-order valence-corrected chi connectivity index (χ1v) is 6.38. The highest BCUT2D eigenvalue weighted by Gasteiger charge is 2.39. The van der Waals surface area contributed by atoms with E-state index >= 15 is 0 Å². The summed E-state index contributed by atoms with van der Waals surface area (Å²) in [6, 6.07) is 1.60. The van der Waals surface area contributed by atoms with Crippen molar-refractivity contribution in [2.75, 3.05) is 6.54 Å². The maximum Gasteiger partial charge on any atom is 0.194 e. The van der Waals surface area contributed by atoms with Crippen LogP contribution in [0.4, 0.5) is 13.2 Å². The lowest BCUT2D eigenvalue weighted by Crippen LogP contribution is -2.43. The van der Waals surface area contributed by atoms with Gasteiger partial charge in [-0.15, -0.1) is 0 Å². The maximum atomic E-state index is 13.4. The third kappa shape index (κ3) is 2.62. The average molecular weight is 272 g/mol. The van der Waals surface area contributed by atoms with Crippen LogP contribution >= 0.6 is 0 Å². The standard InChI is InChI=1S/C14H19F3N2/c1-14(2,3)19-5-4-11(18)13(19)8-6-9(15)12(17)10(16)7-8/h6-7,11,13H,4-5,18H2,1-3H3. The summed E-state index contributed by atoms with van der Waals surface area (Å²) in [5.41, 5.74) is 6.29. The van der Waals surface area contributed by atoms with Crippen LogP contribution in [0.3, 0.4) is 0 Å². The third-order valence-corrected chi connectivity index (χ3v) is 3.65. The molecule has 5 heteroatoms. The Morgan fingerprint density at radius 1 is 1.16 bits per heavy atom. The maximum absolute atomic E-state index is 13.4. The summed E-state index contributed by atoms with van der Waals surface area (Å²) in [5, 5.41) is 0. The fourth-order valence-corrected chi connectivity index (χ4v) is 2.74. The molecule has 2 nitrogen and oxygen atoms in total. The number of rotatable bonds is 1. The average Bonchev–Trinajstić information content (AvgIpc) is 2.67. The highest BCUT2D eigenvalue weighted by atomic mass is 19.2. The quantitative estimate of drug-likeness (QED) is 0.796. The van der Waals surface area contributed by atoms with Gasteiger partial charge in [-0.1, -0.05) is 0 Å². The lowest BCUT2D eigenvalue weighted by molar-refractivity contribution is 0.116. The van der Waals surface area contributed by atoms with Crippen LogP contribution in [0.2, 0.25) is 0 Å². The highest BCUT2D eigenvalue weighted by molar-refractivity contribution is 5.26. The molecule has 2 N–H and O–H groups in total. The van der Waals surface area contributed by atoms with Gasteiger partial charge in [0.15, 0.2) is 17.5 Å². The van der Waals surface area contributed by atoms with E-state index in [2.05, 4.69) is 4.90 Å². The summed E-state index contributed by atoms with van der Waals surface area (Å²) in [6.45, 7) is 6.83. The molecule has 0 aromatic heterocycles. The zero-order valence-electron chi connectivity index (χ0n) is 11.4. The van der Waals surface area contributed by atoms with Gasteiger partial charge >= 0.3 is 0 Å². The van der Waals surface area contributed by atoms with Gasteiger partial charge in [-0.3, -0.25) is 4.90 Å². The van der Waals surface area contributed by atoms with Crippen LogP contribution in [0.5, 0.6) is 0 Å². The van der Waals surface area contributed by atoms with E-state index in [0.29, 0.717) is 5.56 Å². The molecular weight excluding hydrogens is 253 g/mol. The Balaban J connectivity index is 2.44.